The van der Waals surface area contributed by atoms with Crippen LogP contribution in [0, 0.1) is 5.92 Å². The predicted molar refractivity (Wildman–Crippen MR) is 127 cm³/mol. The number of carboxylic acid groups (broad SMARTS) is 1. The van der Waals surface area contributed by atoms with Crippen LogP contribution in [-0.2, 0) is 14.3 Å². The number of carbonyl (C=O) groups is 3. The fourth-order valence-electron chi connectivity index (χ4n) is 4.48. The third-order valence-electron chi connectivity index (χ3n) is 6.24. The van der Waals surface area contributed by atoms with E-state index < -0.39 is 30.4 Å². The van der Waals surface area contributed by atoms with Crippen LogP contribution >= 0.6 is 11.8 Å². The molecule has 2 amide bonds. The van der Waals surface area contributed by atoms with Crippen molar-refractivity contribution in [3.8, 4) is 11.1 Å². The number of alkyl carbamates (subject to hydrolysis) is 1. The number of hydrogen-bond acceptors (Lipinski definition) is 5. The normalized spacial score (nSPS) is 16.4. The molecule has 0 saturated carbocycles. The van der Waals surface area contributed by atoms with Crippen LogP contribution in [0.2, 0.25) is 0 Å². The highest BCUT2D eigenvalue weighted by molar-refractivity contribution is 7.99. The van der Waals surface area contributed by atoms with E-state index in [2.05, 4.69) is 10.6 Å². The highest BCUT2D eigenvalue weighted by Gasteiger charge is 2.30. The number of carboxylic acids is 1. The van der Waals surface area contributed by atoms with Gasteiger partial charge in [-0.3, -0.25) is 9.59 Å². The van der Waals surface area contributed by atoms with E-state index in [1.165, 1.54) is 0 Å². The van der Waals surface area contributed by atoms with E-state index in [0.717, 1.165) is 46.6 Å². The SMILES string of the molecule is O=C(O)CC(NC(=O)OCC1c2ccccc2-c2ccccc21)C(=O)NCC1CCSCC1. The van der Waals surface area contributed by atoms with Crippen molar-refractivity contribution in [3.05, 3.63) is 59.7 Å². The minimum atomic E-state index is -1.18. The Balaban J connectivity index is 1.35. The van der Waals surface area contributed by atoms with Gasteiger partial charge in [-0.05, 0) is 52.5 Å². The number of aliphatic carboxylic acids is 1. The second-order valence-corrected chi connectivity index (χ2v) is 9.65. The Labute approximate surface area is 197 Å². The smallest absolute Gasteiger partial charge is 0.407 e. The lowest BCUT2D eigenvalue weighted by Crippen LogP contribution is -2.49. The number of nitrogens with one attached hydrogen (secondary N) is 2. The first-order chi connectivity index (χ1) is 16.0. The second-order valence-electron chi connectivity index (χ2n) is 8.42. The molecular weight excluding hydrogens is 440 g/mol. The van der Waals surface area contributed by atoms with Gasteiger partial charge in [0.1, 0.15) is 12.6 Å². The van der Waals surface area contributed by atoms with Gasteiger partial charge in [0.25, 0.3) is 0 Å². The summed E-state index contributed by atoms with van der Waals surface area (Å²) < 4.78 is 5.47. The summed E-state index contributed by atoms with van der Waals surface area (Å²) in [7, 11) is 0. The summed E-state index contributed by atoms with van der Waals surface area (Å²) in [5, 5.41) is 14.5. The van der Waals surface area contributed by atoms with Gasteiger partial charge < -0.3 is 20.5 Å². The van der Waals surface area contributed by atoms with E-state index in [9.17, 15) is 19.5 Å². The number of hydrogen-bond donors (Lipinski definition) is 3. The highest BCUT2D eigenvalue weighted by atomic mass is 32.2. The van der Waals surface area contributed by atoms with E-state index in [1.807, 2.05) is 60.3 Å². The van der Waals surface area contributed by atoms with Crippen LogP contribution < -0.4 is 10.6 Å². The molecular formula is C25H28N2O5S. The number of ether oxygens (including phenoxy) is 1. The zero-order chi connectivity index (χ0) is 23.2. The molecule has 0 radical (unpaired) electrons. The fraction of sp³-hybridized carbons (Fsp3) is 0.400. The zero-order valence-electron chi connectivity index (χ0n) is 18.3. The molecule has 2 aliphatic rings. The lowest BCUT2D eigenvalue weighted by atomic mass is 9.98. The third-order valence-corrected chi connectivity index (χ3v) is 7.29. The van der Waals surface area contributed by atoms with Crippen LogP contribution in [0.4, 0.5) is 4.79 Å². The van der Waals surface area contributed by atoms with Gasteiger partial charge in [0.15, 0.2) is 0 Å². The molecule has 8 heteroatoms. The van der Waals surface area contributed by atoms with Gasteiger partial charge in [0.2, 0.25) is 5.91 Å². The Morgan fingerprint density at radius 3 is 2.21 bits per heavy atom. The monoisotopic (exact) mass is 468 g/mol. The molecule has 4 rings (SSSR count). The Bertz CT molecular complexity index is 976. The maximum absolute atomic E-state index is 12.6. The van der Waals surface area contributed by atoms with Gasteiger partial charge in [0.05, 0.1) is 6.42 Å². The average Bonchev–Trinajstić information content (AvgIpc) is 3.15. The Hall–Kier alpha value is -3.00. The molecule has 0 bridgehead atoms. The largest absolute Gasteiger partial charge is 0.481 e. The fourth-order valence-corrected chi connectivity index (χ4v) is 5.69. The number of thioether (sulfide) groups is 1. The van der Waals surface area contributed by atoms with Crippen molar-refractivity contribution < 1.29 is 24.2 Å². The van der Waals surface area contributed by atoms with Crippen LogP contribution in [-0.4, -0.2) is 53.8 Å². The summed E-state index contributed by atoms with van der Waals surface area (Å²) in [4.78, 5) is 36.4. The molecule has 1 saturated heterocycles. The molecule has 33 heavy (non-hydrogen) atoms. The Morgan fingerprint density at radius 1 is 1.00 bits per heavy atom. The molecule has 1 unspecified atom stereocenters. The van der Waals surface area contributed by atoms with Crippen LogP contribution in [0.25, 0.3) is 11.1 Å². The lowest BCUT2D eigenvalue weighted by Gasteiger charge is -2.23. The number of fused-ring (bicyclic) bond motifs is 3. The number of amides is 2. The van der Waals surface area contributed by atoms with Crippen molar-refractivity contribution >= 4 is 29.7 Å². The van der Waals surface area contributed by atoms with Crippen LogP contribution in [0.1, 0.15) is 36.3 Å². The van der Waals surface area contributed by atoms with Gasteiger partial charge in [-0.25, -0.2) is 4.79 Å². The van der Waals surface area contributed by atoms with Crippen LogP contribution in [0.15, 0.2) is 48.5 Å². The van der Waals surface area contributed by atoms with E-state index in [-0.39, 0.29) is 12.5 Å². The molecule has 0 aromatic heterocycles. The van der Waals surface area contributed by atoms with E-state index in [1.54, 1.807) is 0 Å². The van der Waals surface area contributed by atoms with E-state index >= 15 is 0 Å². The maximum Gasteiger partial charge on any atom is 0.407 e. The lowest BCUT2D eigenvalue weighted by molar-refractivity contribution is -0.139. The summed E-state index contributed by atoms with van der Waals surface area (Å²) >= 11 is 1.90. The van der Waals surface area contributed by atoms with Gasteiger partial charge in [-0.2, -0.15) is 11.8 Å². The first kappa shape index (κ1) is 23.2. The molecule has 1 atom stereocenters. The molecule has 1 aliphatic carbocycles. The minimum absolute atomic E-state index is 0.0982. The molecule has 1 aliphatic heterocycles. The van der Waals surface area contributed by atoms with Crippen molar-refractivity contribution in [3.63, 3.8) is 0 Å². The minimum Gasteiger partial charge on any atom is -0.481 e. The maximum atomic E-state index is 12.6. The second kappa shape index (κ2) is 10.7. The van der Waals surface area contributed by atoms with Gasteiger partial charge in [-0.1, -0.05) is 48.5 Å². The van der Waals surface area contributed by atoms with Crippen molar-refractivity contribution in [1.82, 2.24) is 10.6 Å². The average molecular weight is 469 g/mol. The van der Waals surface area contributed by atoms with Crippen molar-refractivity contribution in [1.29, 1.82) is 0 Å². The Kier molecular flexibility index (Phi) is 7.54. The first-order valence-electron chi connectivity index (χ1n) is 11.2. The molecule has 3 N–H and O–H groups in total. The zero-order valence-corrected chi connectivity index (χ0v) is 19.1. The molecule has 1 heterocycles. The number of rotatable bonds is 8. The summed E-state index contributed by atoms with van der Waals surface area (Å²) in [6, 6.07) is 14.8. The van der Waals surface area contributed by atoms with Crippen molar-refractivity contribution in [2.45, 2.75) is 31.2 Å². The summed E-state index contributed by atoms with van der Waals surface area (Å²) in [6.07, 6.45) is 0.742. The number of carbonyl (C=O) groups excluding carboxylic acids is 2. The van der Waals surface area contributed by atoms with Gasteiger partial charge in [0, 0.05) is 12.5 Å². The standard InChI is InChI=1S/C25H28N2O5S/c28-23(29)13-22(24(30)26-14-16-9-11-33-12-10-16)27-25(31)32-15-21-19-7-3-1-5-17(19)18-6-2-4-8-20(18)21/h1-8,16,21-22H,9-15H2,(H,26,30)(H,27,31)(H,28,29). The quantitative estimate of drug-likeness (QED) is 0.547. The van der Waals surface area contributed by atoms with Crippen LogP contribution in [0.5, 0.6) is 0 Å². The predicted octanol–water partition coefficient (Wildman–Crippen LogP) is 3.63. The van der Waals surface area contributed by atoms with E-state index in [4.69, 9.17) is 4.74 Å². The third kappa shape index (κ3) is 5.68. The number of benzene rings is 2. The summed E-state index contributed by atoms with van der Waals surface area (Å²) in [5.74, 6) is 0.746. The van der Waals surface area contributed by atoms with Crippen molar-refractivity contribution in [2.24, 2.45) is 5.92 Å². The Morgan fingerprint density at radius 2 is 1.61 bits per heavy atom. The van der Waals surface area contributed by atoms with Gasteiger partial charge >= 0.3 is 12.1 Å². The van der Waals surface area contributed by atoms with E-state index in [0.29, 0.717) is 12.5 Å². The summed E-state index contributed by atoms with van der Waals surface area (Å²) in [5.41, 5.74) is 4.40. The molecule has 7 nitrogen and oxygen atoms in total. The molecule has 2 aromatic carbocycles. The van der Waals surface area contributed by atoms with Crippen molar-refractivity contribution in [2.75, 3.05) is 24.7 Å². The molecule has 1 fully saturated rings. The molecule has 0 spiro atoms. The molecule has 174 valence electrons. The highest BCUT2D eigenvalue weighted by Crippen LogP contribution is 2.44. The van der Waals surface area contributed by atoms with Gasteiger partial charge in [-0.15, -0.1) is 0 Å². The molecule has 2 aromatic rings. The topological polar surface area (TPSA) is 105 Å². The van der Waals surface area contributed by atoms with Crippen LogP contribution in [0.3, 0.4) is 0 Å². The summed E-state index contributed by atoms with van der Waals surface area (Å²) in [6.45, 7) is 0.586. The first-order valence-corrected chi connectivity index (χ1v) is 12.4.